The third-order valence-electron chi connectivity index (χ3n) is 1.96. The van der Waals surface area contributed by atoms with Crippen LogP contribution in [0.15, 0.2) is 34.9 Å². The fourth-order valence-corrected chi connectivity index (χ4v) is 1.22. The number of aromatic nitrogens is 1. The number of nitrogens with zero attached hydrogens (tertiary/aromatic N) is 1. The highest BCUT2D eigenvalue weighted by molar-refractivity contribution is 5.87. The van der Waals surface area contributed by atoms with Crippen molar-refractivity contribution < 1.29 is 14.4 Å². The Morgan fingerprint density at radius 2 is 2.13 bits per heavy atom. The molecule has 5 heteroatoms. The second kappa shape index (κ2) is 3.45. The second-order valence-electron chi connectivity index (χ2n) is 2.97. The van der Waals surface area contributed by atoms with Gasteiger partial charge in [0, 0.05) is 17.3 Å². The first-order valence-electron chi connectivity index (χ1n) is 4.23. The zero-order valence-corrected chi connectivity index (χ0v) is 7.68. The van der Waals surface area contributed by atoms with Crippen molar-refractivity contribution in [3.8, 4) is 11.3 Å². The lowest BCUT2D eigenvalue weighted by molar-refractivity contribution is 0.0686. The van der Waals surface area contributed by atoms with E-state index in [0.29, 0.717) is 17.0 Å². The minimum atomic E-state index is -1.13. The lowest BCUT2D eigenvalue weighted by Crippen LogP contribution is -1.94. The summed E-state index contributed by atoms with van der Waals surface area (Å²) in [4.78, 5) is 10.6. The van der Waals surface area contributed by atoms with Gasteiger partial charge in [0.15, 0.2) is 11.5 Å². The summed E-state index contributed by atoms with van der Waals surface area (Å²) in [6.45, 7) is 0. The number of aromatic carboxylic acids is 1. The van der Waals surface area contributed by atoms with E-state index >= 15 is 0 Å². The summed E-state index contributed by atoms with van der Waals surface area (Å²) < 4.78 is 4.88. The van der Waals surface area contributed by atoms with Crippen LogP contribution in [0, 0.1) is 0 Å². The van der Waals surface area contributed by atoms with Crippen molar-refractivity contribution in [2.24, 2.45) is 0 Å². The van der Waals surface area contributed by atoms with Crippen molar-refractivity contribution in [1.82, 2.24) is 5.16 Å². The van der Waals surface area contributed by atoms with Crippen LogP contribution in [0.4, 0.5) is 5.69 Å². The molecule has 5 nitrogen and oxygen atoms in total. The summed E-state index contributed by atoms with van der Waals surface area (Å²) in [6.07, 6.45) is 0. The number of anilines is 1. The van der Waals surface area contributed by atoms with Crippen molar-refractivity contribution in [2.45, 2.75) is 0 Å². The highest BCUT2D eigenvalue weighted by Crippen LogP contribution is 2.25. The minimum Gasteiger partial charge on any atom is -0.476 e. The third-order valence-corrected chi connectivity index (χ3v) is 1.96. The zero-order valence-electron chi connectivity index (χ0n) is 7.68. The third kappa shape index (κ3) is 1.67. The number of hydrogen-bond donors (Lipinski definition) is 2. The Kier molecular flexibility index (Phi) is 2.13. The van der Waals surface area contributed by atoms with Gasteiger partial charge in [-0.1, -0.05) is 17.3 Å². The normalized spacial score (nSPS) is 10.1. The van der Waals surface area contributed by atoms with Gasteiger partial charge in [0.05, 0.1) is 0 Å². The van der Waals surface area contributed by atoms with Crippen LogP contribution in [0.25, 0.3) is 11.3 Å². The van der Waals surface area contributed by atoms with Gasteiger partial charge in [-0.15, -0.1) is 0 Å². The van der Waals surface area contributed by atoms with Crippen LogP contribution in [0.1, 0.15) is 10.5 Å². The highest BCUT2D eigenvalue weighted by atomic mass is 16.5. The van der Waals surface area contributed by atoms with Crippen molar-refractivity contribution in [3.05, 3.63) is 36.0 Å². The lowest BCUT2D eigenvalue weighted by atomic mass is 10.1. The summed E-state index contributed by atoms with van der Waals surface area (Å²) >= 11 is 0. The predicted molar refractivity (Wildman–Crippen MR) is 53.3 cm³/mol. The summed E-state index contributed by atoms with van der Waals surface area (Å²) in [5.41, 5.74) is 6.73. The first-order valence-corrected chi connectivity index (χ1v) is 4.23. The van der Waals surface area contributed by atoms with E-state index < -0.39 is 5.97 Å². The summed E-state index contributed by atoms with van der Waals surface area (Å²) in [5.74, 6) is -0.773. The molecule has 0 saturated heterocycles. The van der Waals surface area contributed by atoms with Crippen LogP contribution in [-0.4, -0.2) is 16.2 Å². The maximum Gasteiger partial charge on any atom is 0.358 e. The Morgan fingerprint density at radius 1 is 1.40 bits per heavy atom. The van der Waals surface area contributed by atoms with E-state index in [1.54, 1.807) is 24.3 Å². The fourth-order valence-electron chi connectivity index (χ4n) is 1.22. The van der Waals surface area contributed by atoms with Gasteiger partial charge in [-0.25, -0.2) is 4.79 Å². The van der Waals surface area contributed by atoms with E-state index in [1.807, 2.05) is 0 Å². The average Bonchev–Trinajstić information content (AvgIpc) is 2.67. The summed E-state index contributed by atoms with van der Waals surface area (Å²) in [5, 5.41) is 12.1. The summed E-state index contributed by atoms with van der Waals surface area (Å²) in [7, 11) is 0. The minimum absolute atomic E-state index is 0.131. The molecule has 1 aromatic heterocycles. The average molecular weight is 204 g/mol. The van der Waals surface area contributed by atoms with E-state index in [9.17, 15) is 4.79 Å². The molecular weight excluding hydrogens is 196 g/mol. The molecule has 1 aromatic carbocycles. The van der Waals surface area contributed by atoms with Gasteiger partial charge in [0.2, 0.25) is 0 Å². The Morgan fingerprint density at radius 3 is 2.73 bits per heavy atom. The van der Waals surface area contributed by atoms with E-state index in [0.717, 1.165) is 0 Å². The first-order chi connectivity index (χ1) is 7.18. The smallest absolute Gasteiger partial charge is 0.358 e. The Labute approximate surface area is 85.1 Å². The molecule has 1 heterocycles. The highest BCUT2D eigenvalue weighted by Gasteiger charge is 2.13. The molecule has 0 fully saturated rings. The zero-order chi connectivity index (χ0) is 10.8. The molecule has 0 unspecified atom stereocenters. The molecule has 15 heavy (non-hydrogen) atoms. The lowest BCUT2D eigenvalue weighted by Gasteiger charge is -1.98. The van der Waals surface area contributed by atoms with Crippen LogP contribution in [0.3, 0.4) is 0 Å². The van der Waals surface area contributed by atoms with E-state index in [1.165, 1.54) is 6.07 Å². The van der Waals surface area contributed by atoms with Crippen molar-refractivity contribution in [2.75, 3.05) is 5.73 Å². The number of nitrogens with two attached hydrogens (primary N) is 1. The number of carboxylic acids is 1. The molecule has 0 amide bonds. The quantitative estimate of drug-likeness (QED) is 0.725. The molecule has 0 radical (unpaired) electrons. The number of carboxylic acid groups (broad SMARTS) is 1. The van der Waals surface area contributed by atoms with Crippen LogP contribution >= 0.6 is 0 Å². The van der Waals surface area contributed by atoms with Crippen LogP contribution in [0.5, 0.6) is 0 Å². The molecule has 3 N–H and O–H groups in total. The number of nitrogen functional groups attached to an aromatic ring is 1. The van der Waals surface area contributed by atoms with Crippen LogP contribution < -0.4 is 5.73 Å². The van der Waals surface area contributed by atoms with Crippen LogP contribution in [0.2, 0.25) is 0 Å². The van der Waals surface area contributed by atoms with E-state index in [4.69, 9.17) is 15.4 Å². The SMILES string of the molecule is Nc1ccccc1-c1cc(C(=O)O)no1. The number of benzene rings is 1. The monoisotopic (exact) mass is 204 g/mol. The molecule has 0 aliphatic rings. The number of carbonyl (C=O) groups is 1. The summed E-state index contributed by atoms with van der Waals surface area (Å²) in [6, 6.07) is 8.36. The van der Waals surface area contributed by atoms with Gasteiger partial charge in [-0.2, -0.15) is 0 Å². The molecule has 0 saturated carbocycles. The van der Waals surface area contributed by atoms with E-state index in [-0.39, 0.29) is 5.69 Å². The number of hydrogen-bond acceptors (Lipinski definition) is 4. The first kappa shape index (κ1) is 9.26. The Hall–Kier alpha value is -2.30. The van der Waals surface area contributed by atoms with E-state index in [2.05, 4.69) is 5.16 Å². The molecule has 0 atom stereocenters. The van der Waals surface area contributed by atoms with Gasteiger partial charge in [-0.3, -0.25) is 0 Å². The Balaban J connectivity index is 2.46. The molecular formula is C10H8N2O3. The van der Waals surface area contributed by atoms with Gasteiger partial charge in [0.1, 0.15) is 0 Å². The maximum atomic E-state index is 10.6. The number of para-hydroxylation sites is 1. The largest absolute Gasteiger partial charge is 0.476 e. The second-order valence-corrected chi connectivity index (χ2v) is 2.97. The molecule has 2 rings (SSSR count). The molecule has 0 aliphatic carbocycles. The topological polar surface area (TPSA) is 89.4 Å². The molecule has 0 aliphatic heterocycles. The maximum absolute atomic E-state index is 10.6. The van der Waals surface area contributed by atoms with Gasteiger partial charge >= 0.3 is 5.97 Å². The van der Waals surface area contributed by atoms with Crippen molar-refractivity contribution >= 4 is 11.7 Å². The van der Waals surface area contributed by atoms with Crippen molar-refractivity contribution in [3.63, 3.8) is 0 Å². The van der Waals surface area contributed by atoms with Gasteiger partial charge in [-0.05, 0) is 12.1 Å². The predicted octanol–water partition coefficient (Wildman–Crippen LogP) is 1.62. The van der Waals surface area contributed by atoms with Crippen molar-refractivity contribution in [1.29, 1.82) is 0 Å². The number of rotatable bonds is 2. The van der Waals surface area contributed by atoms with Gasteiger partial charge in [0.25, 0.3) is 0 Å². The molecule has 0 bridgehead atoms. The molecule has 2 aromatic rings. The molecule has 76 valence electrons. The molecule has 0 spiro atoms. The Bertz CT molecular complexity index is 505. The van der Waals surface area contributed by atoms with Gasteiger partial charge < -0.3 is 15.4 Å². The fraction of sp³-hybridized carbons (Fsp3) is 0. The van der Waals surface area contributed by atoms with Crippen LogP contribution in [-0.2, 0) is 0 Å². The standard InChI is InChI=1S/C10H8N2O3/c11-7-4-2-1-3-6(7)9-5-8(10(13)14)12-15-9/h1-5H,11H2,(H,13,14).